The van der Waals surface area contributed by atoms with Gasteiger partial charge in [-0.2, -0.15) is 0 Å². The van der Waals surface area contributed by atoms with Gasteiger partial charge in [0.05, 0.1) is 6.42 Å². The molecule has 3 nitrogen and oxygen atoms in total. The Morgan fingerprint density at radius 1 is 1.32 bits per heavy atom. The van der Waals surface area contributed by atoms with Gasteiger partial charge in [0.25, 0.3) is 0 Å². The Balaban J connectivity index is 2.23. The van der Waals surface area contributed by atoms with Gasteiger partial charge < -0.3 is 5.11 Å². The number of hydrogen-bond donors (Lipinski definition) is 1. The first-order valence-electron chi connectivity index (χ1n) is 6.01. The van der Waals surface area contributed by atoms with Crippen LogP contribution in [-0.2, 0) is 11.2 Å². The summed E-state index contributed by atoms with van der Waals surface area (Å²) in [7, 11) is 0. The van der Waals surface area contributed by atoms with Crippen LogP contribution in [0.5, 0.6) is 0 Å². The Kier molecular flexibility index (Phi) is 4.23. The Labute approximate surface area is 110 Å². The van der Waals surface area contributed by atoms with Crippen molar-refractivity contribution in [3.05, 3.63) is 65.7 Å². The van der Waals surface area contributed by atoms with Gasteiger partial charge in [0.15, 0.2) is 0 Å². The fourth-order valence-corrected chi connectivity index (χ4v) is 2.08. The number of nitrogens with zero attached hydrogens (tertiary/aromatic N) is 1. The van der Waals surface area contributed by atoms with Crippen molar-refractivity contribution < 1.29 is 14.3 Å². The number of rotatable bonds is 5. The average molecular weight is 259 g/mol. The zero-order chi connectivity index (χ0) is 13.7. The minimum Gasteiger partial charge on any atom is -0.481 e. The molecule has 0 radical (unpaired) electrons. The summed E-state index contributed by atoms with van der Waals surface area (Å²) in [6.07, 6.45) is 3.87. The SMILES string of the molecule is O=C(O)CC(Cc1cccnc1)c1cccc(F)c1. The molecule has 19 heavy (non-hydrogen) atoms. The van der Waals surface area contributed by atoms with E-state index in [0.717, 1.165) is 5.56 Å². The highest BCUT2D eigenvalue weighted by atomic mass is 19.1. The highest BCUT2D eigenvalue weighted by Gasteiger charge is 2.16. The lowest BCUT2D eigenvalue weighted by atomic mass is 9.90. The number of aliphatic carboxylic acids is 1. The van der Waals surface area contributed by atoms with E-state index in [0.29, 0.717) is 12.0 Å². The van der Waals surface area contributed by atoms with Gasteiger partial charge in [0.1, 0.15) is 5.82 Å². The van der Waals surface area contributed by atoms with Crippen LogP contribution >= 0.6 is 0 Å². The summed E-state index contributed by atoms with van der Waals surface area (Å²) < 4.78 is 13.2. The van der Waals surface area contributed by atoms with E-state index >= 15 is 0 Å². The predicted octanol–water partition coefficient (Wildman–Crippen LogP) is 3.02. The number of benzene rings is 1. The van der Waals surface area contributed by atoms with Gasteiger partial charge in [-0.25, -0.2) is 4.39 Å². The third kappa shape index (κ3) is 3.88. The van der Waals surface area contributed by atoms with Gasteiger partial charge in [-0.1, -0.05) is 18.2 Å². The highest BCUT2D eigenvalue weighted by Crippen LogP contribution is 2.24. The third-order valence-corrected chi connectivity index (χ3v) is 2.95. The molecule has 2 rings (SSSR count). The van der Waals surface area contributed by atoms with Gasteiger partial charge in [-0.05, 0) is 41.7 Å². The zero-order valence-electron chi connectivity index (χ0n) is 10.3. The van der Waals surface area contributed by atoms with E-state index in [1.165, 1.54) is 12.1 Å². The Morgan fingerprint density at radius 3 is 2.79 bits per heavy atom. The fraction of sp³-hybridized carbons (Fsp3) is 0.200. The van der Waals surface area contributed by atoms with E-state index in [1.54, 1.807) is 30.6 Å². The van der Waals surface area contributed by atoms with E-state index in [9.17, 15) is 9.18 Å². The minimum atomic E-state index is -0.891. The van der Waals surface area contributed by atoms with Crippen LogP contribution in [0.15, 0.2) is 48.8 Å². The number of carboxylic acid groups (broad SMARTS) is 1. The molecule has 0 bridgehead atoms. The number of hydrogen-bond acceptors (Lipinski definition) is 2. The number of carboxylic acids is 1. The lowest BCUT2D eigenvalue weighted by Gasteiger charge is -2.15. The Morgan fingerprint density at radius 2 is 2.16 bits per heavy atom. The van der Waals surface area contributed by atoms with Crippen molar-refractivity contribution in [1.82, 2.24) is 4.98 Å². The smallest absolute Gasteiger partial charge is 0.303 e. The molecule has 1 heterocycles. The van der Waals surface area contributed by atoms with Crippen molar-refractivity contribution in [2.75, 3.05) is 0 Å². The summed E-state index contributed by atoms with van der Waals surface area (Å²) in [5.74, 6) is -1.49. The molecule has 0 aliphatic rings. The average Bonchev–Trinajstić information content (AvgIpc) is 2.39. The third-order valence-electron chi connectivity index (χ3n) is 2.95. The molecule has 0 saturated carbocycles. The molecule has 2 aromatic rings. The van der Waals surface area contributed by atoms with Crippen LogP contribution in [0.1, 0.15) is 23.5 Å². The number of aromatic nitrogens is 1. The quantitative estimate of drug-likeness (QED) is 0.897. The predicted molar refractivity (Wildman–Crippen MR) is 69.3 cm³/mol. The lowest BCUT2D eigenvalue weighted by Crippen LogP contribution is -2.09. The van der Waals surface area contributed by atoms with Crippen LogP contribution < -0.4 is 0 Å². The molecule has 1 atom stereocenters. The molecule has 4 heteroatoms. The number of carbonyl (C=O) groups is 1. The van der Waals surface area contributed by atoms with Gasteiger partial charge >= 0.3 is 5.97 Å². The van der Waals surface area contributed by atoms with E-state index in [2.05, 4.69) is 4.98 Å². The molecule has 1 aromatic carbocycles. The van der Waals surface area contributed by atoms with Crippen molar-refractivity contribution in [3.63, 3.8) is 0 Å². The number of halogens is 1. The van der Waals surface area contributed by atoms with Gasteiger partial charge in [-0.15, -0.1) is 0 Å². The standard InChI is InChI=1S/C15H14FNO2/c16-14-5-1-4-12(8-14)13(9-15(18)19)7-11-3-2-6-17-10-11/h1-6,8,10,13H,7,9H2,(H,18,19). The van der Waals surface area contributed by atoms with Crippen molar-refractivity contribution >= 4 is 5.97 Å². The Hall–Kier alpha value is -2.23. The maximum absolute atomic E-state index is 13.2. The summed E-state index contributed by atoms with van der Waals surface area (Å²) in [4.78, 5) is 15.0. The van der Waals surface area contributed by atoms with Crippen LogP contribution in [0.25, 0.3) is 0 Å². The molecule has 1 N–H and O–H groups in total. The van der Waals surface area contributed by atoms with E-state index in [1.807, 2.05) is 6.07 Å². The van der Waals surface area contributed by atoms with Crippen LogP contribution in [0.3, 0.4) is 0 Å². The molecule has 0 spiro atoms. The summed E-state index contributed by atoms with van der Waals surface area (Å²) in [6.45, 7) is 0. The summed E-state index contributed by atoms with van der Waals surface area (Å²) >= 11 is 0. The first-order valence-corrected chi connectivity index (χ1v) is 6.01. The topological polar surface area (TPSA) is 50.2 Å². The second-order valence-corrected chi connectivity index (χ2v) is 4.42. The second kappa shape index (κ2) is 6.09. The normalized spacial score (nSPS) is 12.1. The molecule has 0 fully saturated rings. The van der Waals surface area contributed by atoms with Crippen LogP contribution in [0.2, 0.25) is 0 Å². The fourth-order valence-electron chi connectivity index (χ4n) is 2.08. The molecule has 1 unspecified atom stereocenters. The molecular weight excluding hydrogens is 245 g/mol. The largest absolute Gasteiger partial charge is 0.481 e. The van der Waals surface area contributed by atoms with Gasteiger partial charge in [0, 0.05) is 12.4 Å². The first kappa shape index (κ1) is 13.2. The number of pyridine rings is 1. The van der Waals surface area contributed by atoms with Crippen molar-refractivity contribution in [1.29, 1.82) is 0 Å². The molecule has 0 aliphatic heterocycles. The first-order chi connectivity index (χ1) is 9.15. The van der Waals surface area contributed by atoms with Gasteiger partial charge in [-0.3, -0.25) is 9.78 Å². The molecule has 0 aliphatic carbocycles. The van der Waals surface area contributed by atoms with Crippen LogP contribution in [0, 0.1) is 5.82 Å². The summed E-state index contributed by atoms with van der Waals surface area (Å²) in [5, 5.41) is 8.98. The molecule has 1 aromatic heterocycles. The van der Waals surface area contributed by atoms with Crippen molar-refractivity contribution in [3.8, 4) is 0 Å². The van der Waals surface area contributed by atoms with E-state index in [4.69, 9.17) is 5.11 Å². The summed E-state index contributed by atoms with van der Waals surface area (Å²) in [5.41, 5.74) is 1.64. The maximum atomic E-state index is 13.2. The Bertz CT molecular complexity index is 557. The van der Waals surface area contributed by atoms with Crippen LogP contribution in [0.4, 0.5) is 4.39 Å². The van der Waals surface area contributed by atoms with Gasteiger partial charge in [0.2, 0.25) is 0 Å². The van der Waals surface area contributed by atoms with Crippen molar-refractivity contribution in [2.24, 2.45) is 0 Å². The zero-order valence-corrected chi connectivity index (χ0v) is 10.3. The highest BCUT2D eigenvalue weighted by molar-refractivity contribution is 5.68. The molecule has 98 valence electrons. The maximum Gasteiger partial charge on any atom is 0.303 e. The molecule has 0 saturated heterocycles. The van der Waals surface area contributed by atoms with Crippen LogP contribution in [-0.4, -0.2) is 16.1 Å². The van der Waals surface area contributed by atoms with Crippen molar-refractivity contribution in [2.45, 2.75) is 18.8 Å². The summed E-state index contributed by atoms with van der Waals surface area (Å²) in [6, 6.07) is 9.80. The lowest BCUT2D eigenvalue weighted by molar-refractivity contribution is -0.137. The minimum absolute atomic E-state index is 0.0294. The molecule has 0 amide bonds. The second-order valence-electron chi connectivity index (χ2n) is 4.42. The monoisotopic (exact) mass is 259 g/mol. The molecular formula is C15H14FNO2. The van der Waals surface area contributed by atoms with E-state index < -0.39 is 5.97 Å². The van der Waals surface area contributed by atoms with E-state index in [-0.39, 0.29) is 18.2 Å².